The van der Waals surface area contributed by atoms with Crippen LogP contribution in [0.25, 0.3) is 0 Å². The number of rotatable bonds is 6. The third-order valence-corrected chi connectivity index (χ3v) is 5.93. The van der Waals surface area contributed by atoms with E-state index in [2.05, 4.69) is 15.9 Å². The summed E-state index contributed by atoms with van der Waals surface area (Å²) in [6.45, 7) is 3.62. The van der Waals surface area contributed by atoms with Crippen LogP contribution in [-0.2, 0) is 11.2 Å². The largest absolute Gasteiger partial charge is 0.493 e. The Morgan fingerprint density at radius 3 is 2.55 bits per heavy atom. The topological polar surface area (TPSA) is 72.9 Å². The molecule has 0 radical (unpaired) electrons. The van der Waals surface area contributed by atoms with Crippen LogP contribution in [0.5, 0.6) is 11.5 Å². The molecule has 6 nitrogen and oxygen atoms in total. The van der Waals surface area contributed by atoms with Crippen LogP contribution in [0.15, 0.2) is 46.9 Å². The molecule has 1 unspecified atom stereocenters. The highest BCUT2D eigenvalue weighted by Gasteiger charge is 2.40. The summed E-state index contributed by atoms with van der Waals surface area (Å²) in [4.78, 5) is 38.4. The Kier molecular flexibility index (Phi) is 6.64. The summed E-state index contributed by atoms with van der Waals surface area (Å²) >= 11 is 4.36. The minimum absolute atomic E-state index is 0.176. The zero-order valence-corrected chi connectivity index (χ0v) is 18.6. The van der Waals surface area contributed by atoms with Gasteiger partial charge in [-0.1, -0.05) is 39.8 Å². The Morgan fingerprint density at radius 1 is 1.17 bits per heavy atom. The maximum Gasteiger partial charge on any atom is 0.343 e. The summed E-state index contributed by atoms with van der Waals surface area (Å²) in [6, 6.07) is 11.9. The molecule has 8 heteroatoms. The Morgan fingerprint density at radius 2 is 1.93 bits per heavy atom. The van der Waals surface area contributed by atoms with Crippen LogP contribution in [0.2, 0.25) is 0 Å². The number of nitrogens with zero attached hydrogens (tertiary/aromatic N) is 1. The molecule has 2 aromatic carbocycles. The third kappa shape index (κ3) is 4.82. The summed E-state index contributed by atoms with van der Waals surface area (Å²) in [5.74, 6) is -0.0485. The molecule has 0 aliphatic carbocycles. The summed E-state index contributed by atoms with van der Waals surface area (Å²) in [5, 5.41) is -0.725. The van der Waals surface area contributed by atoms with Crippen LogP contribution >= 0.6 is 27.7 Å². The lowest BCUT2D eigenvalue weighted by Crippen LogP contribution is -2.37. The first-order chi connectivity index (χ1) is 13.8. The van der Waals surface area contributed by atoms with Crippen LogP contribution in [0.4, 0.5) is 4.79 Å². The lowest BCUT2D eigenvalue weighted by atomic mass is 10.1. The predicted molar refractivity (Wildman–Crippen MR) is 115 cm³/mol. The number of benzene rings is 2. The number of ether oxygens (including phenoxy) is 2. The molecule has 2 amide bonds. The fraction of sp³-hybridized carbons (Fsp3) is 0.286. The molecule has 1 saturated heterocycles. The van der Waals surface area contributed by atoms with E-state index < -0.39 is 11.2 Å². The van der Waals surface area contributed by atoms with Crippen molar-refractivity contribution in [3.8, 4) is 11.5 Å². The van der Waals surface area contributed by atoms with E-state index in [0.29, 0.717) is 17.7 Å². The number of thioether (sulfide) groups is 1. The average Bonchev–Trinajstić information content (AvgIpc) is 2.95. The van der Waals surface area contributed by atoms with Crippen molar-refractivity contribution in [2.75, 3.05) is 7.11 Å². The van der Waals surface area contributed by atoms with Gasteiger partial charge in [-0.2, -0.15) is 0 Å². The molecule has 1 atom stereocenters. The predicted octanol–water partition coefficient (Wildman–Crippen LogP) is 4.69. The molecule has 1 aliphatic heterocycles. The minimum atomic E-state index is -0.519. The monoisotopic (exact) mass is 477 g/mol. The van der Waals surface area contributed by atoms with E-state index in [0.717, 1.165) is 21.8 Å². The first kappa shape index (κ1) is 21.4. The van der Waals surface area contributed by atoms with Crippen molar-refractivity contribution >= 4 is 44.8 Å². The van der Waals surface area contributed by atoms with E-state index in [1.165, 1.54) is 12.0 Å². The zero-order valence-electron chi connectivity index (χ0n) is 16.2. The molecule has 1 aliphatic rings. The van der Waals surface area contributed by atoms with Crippen LogP contribution in [0.3, 0.4) is 0 Å². The van der Waals surface area contributed by atoms with Crippen LogP contribution in [0.1, 0.15) is 29.8 Å². The Bertz CT molecular complexity index is 962. The summed E-state index contributed by atoms with van der Waals surface area (Å²) in [6.07, 6.45) is 0.351. The molecular formula is C21H20BrNO5S. The second kappa shape index (κ2) is 9.00. The number of amides is 2. The molecule has 29 heavy (non-hydrogen) atoms. The molecule has 0 N–H and O–H groups in total. The van der Waals surface area contributed by atoms with Gasteiger partial charge in [0, 0.05) is 10.5 Å². The van der Waals surface area contributed by atoms with Crippen molar-refractivity contribution in [1.29, 1.82) is 0 Å². The van der Waals surface area contributed by atoms with E-state index in [9.17, 15) is 14.4 Å². The first-order valence-electron chi connectivity index (χ1n) is 8.98. The van der Waals surface area contributed by atoms with E-state index in [4.69, 9.17) is 9.47 Å². The standard InChI is InChI=1S/C21H20BrNO5S/c1-12(2)23-19(24)18(29-21(23)26)10-13-7-8-16(27-3)17(9-13)28-20(25)14-5-4-6-15(22)11-14/h4-9,11-12,18H,10H2,1-3H3. The third-order valence-electron chi connectivity index (χ3n) is 4.38. The average molecular weight is 478 g/mol. The van der Waals surface area contributed by atoms with Gasteiger partial charge in [-0.05, 0) is 56.2 Å². The number of hydrogen-bond donors (Lipinski definition) is 0. The molecule has 2 aromatic rings. The smallest absolute Gasteiger partial charge is 0.343 e. The number of imide groups is 1. The molecule has 152 valence electrons. The van der Waals surface area contributed by atoms with Gasteiger partial charge in [-0.3, -0.25) is 14.5 Å². The maximum absolute atomic E-state index is 12.5. The first-order valence-corrected chi connectivity index (χ1v) is 10.7. The van der Waals surface area contributed by atoms with Gasteiger partial charge in [-0.25, -0.2) is 4.79 Å². The van der Waals surface area contributed by atoms with Crippen molar-refractivity contribution in [2.45, 2.75) is 31.6 Å². The van der Waals surface area contributed by atoms with Gasteiger partial charge in [-0.15, -0.1) is 0 Å². The van der Waals surface area contributed by atoms with E-state index in [-0.39, 0.29) is 22.9 Å². The lowest BCUT2D eigenvalue weighted by Gasteiger charge is -2.18. The number of carbonyl (C=O) groups is 3. The lowest BCUT2D eigenvalue weighted by molar-refractivity contribution is -0.127. The Labute approximate surface area is 181 Å². The highest BCUT2D eigenvalue weighted by molar-refractivity contribution is 9.10. The van der Waals surface area contributed by atoms with Gasteiger partial charge >= 0.3 is 5.97 Å². The quantitative estimate of drug-likeness (QED) is 0.443. The highest BCUT2D eigenvalue weighted by atomic mass is 79.9. The van der Waals surface area contributed by atoms with Gasteiger partial charge < -0.3 is 9.47 Å². The van der Waals surface area contributed by atoms with Crippen LogP contribution in [0, 0.1) is 0 Å². The molecule has 1 heterocycles. The van der Waals surface area contributed by atoms with E-state index in [1.807, 2.05) is 19.9 Å². The van der Waals surface area contributed by atoms with Crippen molar-refractivity contribution in [3.05, 3.63) is 58.1 Å². The number of halogens is 1. The number of esters is 1. The van der Waals surface area contributed by atoms with Crippen molar-refractivity contribution in [2.24, 2.45) is 0 Å². The second-order valence-corrected chi connectivity index (χ2v) is 8.83. The summed E-state index contributed by atoms with van der Waals surface area (Å²) in [7, 11) is 1.49. The van der Waals surface area contributed by atoms with Gasteiger partial charge in [0.1, 0.15) is 0 Å². The zero-order chi connectivity index (χ0) is 21.1. The Hall–Kier alpha value is -2.32. The maximum atomic E-state index is 12.5. The molecule has 0 aromatic heterocycles. The van der Waals surface area contributed by atoms with Gasteiger partial charge in [0.05, 0.1) is 17.9 Å². The molecular weight excluding hydrogens is 458 g/mol. The fourth-order valence-corrected chi connectivity index (χ4v) is 4.53. The number of hydrogen-bond acceptors (Lipinski definition) is 6. The van der Waals surface area contributed by atoms with Crippen LogP contribution in [-0.4, -0.2) is 40.4 Å². The fourth-order valence-electron chi connectivity index (χ4n) is 2.98. The number of methoxy groups -OCH3 is 1. The summed E-state index contributed by atoms with van der Waals surface area (Å²) < 4.78 is 11.6. The summed E-state index contributed by atoms with van der Waals surface area (Å²) in [5.41, 5.74) is 1.17. The second-order valence-electron chi connectivity index (χ2n) is 6.76. The van der Waals surface area contributed by atoms with Gasteiger partial charge in [0.2, 0.25) is 5.91 Å². The van der Waals surface area contributed by atoms with Crippen LogP contribution < -0.4 is 9.47 Å². The minimum Gasteiger partial charge on any atom is -0.493 e. The normalized spacial score (nSPS) is 16.4. The molecule has 0 saturated carbocycles. The molecule has 0 spiro atoms. The van der Waals surface area contributed by atoms with Gasteiger partial charge in [0.25, 0.3) is 5.24 Å². The molecule has 0 bridgehead atoms. The Balaban J connectivity index is 1.80. The molecule has 1 fully saturated rings. The number of carbonyl (C=O) groups excluding carboxylic acids is 3. The SMILES string of the molecule is COc1ccc(CC2SC(=O)N(C(C)C)C2=O)cc1OC(=O)c1cccc(Br)c1. The van der Waals surface area contributed by atoms with Crippen molar-refractivity contribution in [1.82, 2.24) is 4.90 Å². The highest BCUT2D eigenvalue weighted by Crippen LogP contribution is 2.34. The van der Waals surface area contributed by atoms with Crippen molar-refractivity contribution in [3.63, 3.8) is 0 Å². The van der Waals surface area contributed by atoms with Crippen molar-refractivity contribution < 1.29 is 23.9 Å². The van der Waals surface area contributed by atoms with E-state index in [1.54, 1.807) is 36.4 Å². The van der Waals surface area contributed by atoms with E-state index >= 15 is 0 Å². The molecule has 3 rings (SSSR count). The van der Waals surface area contributed by atoms with Gasteiger partial charge in [0.15, 0.2) is 11.5 Å².